The number of rotatable bonds is 2. The summed E-state index contributed by atoms with van der Waals surface area (Å²) >= 11 is 0. The molecule has 0 spiro atoms. The SMILES string of the molecule is CC(C)Nc1cnc2c(n1)OCCN(C(=O)O)C2. The summed E-state index contributed by atoms with van der Waals surface area (Å²) in [6, 6.07) is 0.249. The Labute approximate surface area is 105 Å². The van der Waals surface area contributed by atoms with Crippen molar-refractivity contribution < 1.29 is 14.6 Å². The summed E-state index contributed by atoms with van der Waals surface area (Å²) in [7, 11) is 0. The van der Waals surface area contributed by atoms with Gasteiger partial charge < -0.3 is 15.2 Å². The van der Waals surface area contributed by atoms with Gasteiger partial charge in [-0.25, -0.2) is 9.78 Å². The first kappa shape index (κ1) is 12.4. The maximum Gasteiger partial charge on any atom is 0.407 e. The first-order valence-corrected chi connectivity index (χ1v) is 5.79. The van der Waals surface area contributed by atoms with E-state index >= 15 is 0 Å². The number of carboxylic acid groups (broad SMARTS) is 1. The molecule has 98 valence electrons. The molecule has 0 radical (unpaired) electrons. The van der Waals surface area contributed by atoms with Crippen LogP contribution in [0, 0.1) is 0 Å². The third kappa shape index (κ3) is 2.79. The first-order chi connectivity index (χ1) is 8.56. The van der Waals surface area contributed by atoms with Crippen LogP contribution in [0.25, 0.3) is 0 Å². The molecule has 7 nitrogen and oxygen atoms in total. The lowest BCUT2D eigenvalue weighted by molar-refractivity contribution is 0.137. The van der Waals surface area contributed by atoms with E-state index in [1.54, 1.807) is 6.20 Å². The Morgan fingerprint density at radius 2 is 2.39 bits per heavy atom. The predicted molar refractivity (Wildman–Crippen MR) is 64.7 cm³/mol. The van der Waals surface area contributed by atoms with E-state index in [-0.39, 0.29) is 12.6 Å². The lowest BCUT2D eigenvalue weighted by atomic mass is 10.3. The smallest absolute Gasteiger partial charge is 0.407 e. The number of nitrogens with one attached hydrogen (secondary N) is 1. The van der Waals surface area contributed by atoms with Crippen molar-refractivity contribution in [1.29, 1.82) is 0 Å². The minimum absolute atomic E-state index is 0.208. The molecule has 0 fully saturated rings. The summed E-state index contributed by atoms with van der Waals surface area (Å²) in [6.07, 6.45) is 0.616. The average Bonchev–Trinajstić information content (AvgIpc) is 2.49. The van der Waals surface area contributed by atoms with Gasteiger partial charge in [-0.05, 0) is 13.8 Å². The van der Waals surface area contributed by atoms with Crippen molar-refractivity contribution in [3.05, 3.63) is 11.9 Å². The highest BCUT2D eigenvalue weighted by molar-refractivity contribution is 5.65. The molecule has 7 heteroatoms. The van der Waals surface area contributed by atoms with Crippen LogP contribution in [-0.2, 0) is 6.54 Å². The van der Waals surface area contributed by atoms with Crippen LogP contribution in [0.15, 0.2) is 6.20 Å². The van der Waals surface area contributed by atoms with Crippen molar-refractivity contribution in [1.82, 2.24) is 14.9 Å². The van der Waals surface area contributed by atoms with E-state index in [4.69, 9.17) is 9.84 Å². The monoisotopic (exact) mass is 252 g/mol. The fraction of sp³-hybridized carbons (Fsp3) is 0.545. The molecular weight excluding hydrogens is 236 g/mol. The molecule has 2 rings (SSSR count). The number of anilines is 1. The van der Waals surface area contributed by atoms with Crippen LogP contribution in [0.5, 0.6) is 5.88 Å². The van der Waals surface area contributed by atoms with Crippen molar-refractivity contribution in [2.75, 3.05) is 18.5 Å². The third-order valence-corrected chi connectivity index (χ3v) is 2.46. The van der Waals surface area contributed by atoms with E-state index in [2.05, 4.69) is 15.3 Å². The summed E-state index contributed by atoms with van der Waals surface area (Å²) < 4.78 is 5.43. The minimum atomic E-state index is -0.974. The van der Waals surface area contributed by atoms with Crippen LogP contribution in [0.2, 0.25) is 0 Å². The lowest BCUT2D eigenvalue weighted by Gasteiger charge is -2.14. The second kappa shape index (κ2) is 5.07. The summed E-state index contributed by atoms with van der Waals surface area (Å²) in [4.78, 5) is 20.7. The molecule has 0 saturated heterocycles. The third-order valence-electron chi connectivity index (χ3n) is 2.46. The number of hydrogen-bond acceptors (Lipinski definition) is 5. The quantitative estimate of drug-likeness (QED) is 0.821. The number of nitrogens with zero attached hydrogens (tertiary/aromatic N) is 3. The largest absolute Gasteiger partial charge is 0.474 e. The number of ether oxygens (including phenoxy) is 1. The summed E-state index contributed by atoms with van der Waals surface area (Å²) in [5.74, 6) is 1.04. The van der Waals surface area contributed by atoms with Gasteiger partial charge in [0.2, 0.25) is 5.88 Å². The van der Waals surface area contributed by atoms with Crippen LogP contribution in [0.3, 0.4) is 0 Å². The Morgan fingerprint density at radius 3 is 3.06 bits per heavy atom. The molecule has 0 aliphatic carbocycles. The summed E-state index contributed by atoms with van der Waals surface area (Å²) in [5, 5.41) is 12.1. The maximum atomic E-state index is 10.9. The van der Waals surface area contributed by atoms with Crippen LogP contribution < -0.4 is 10.1 Å². The highest BCUT2D eigenvalue weighted by Gasteiger charge is 2.21. The van der Waals surface area contributed by atoms with Gasteiger partial charge in [-0.2, -0.15) is 4.98 Å². The van der Waals surface area contributed by atoms with Gasteiger partial charge in [0.05, 0.1) is 19.3 Å². The molecule has 0 atom stereocenters. The van der Waals surface area contributed by atoms with Gasteiger partial charge in [-0.15, -0.1) is 0 Å². The Balaban J connectivity index is 2.21. The highest BCUT2D eigenvalue weighted by Crippen LogP contribution is 2.20. The molecule has 0 bridgehead atoms. The van der Waals surface area contributed by atoms with Crippen LogP contribution in [0.4, 0.5) is 10.6 Å². The van der Waals surface area contributed by atoms with Crippen molar-refractivity contribution in [2.24, 2.45) is 0 Å². The Hall–Kier alpha value is -2.05. The van der Waals surface area contributed by atoms with Gasteiger partial charge in [0.25, 0.3) is 0 Å². The fourth-order valence-corrected chi connectivity index (χ4v) is 1.66. The molecule has 2 N–H and O–H groups in total. The molecule has 1 aliphatic rings. The molecule has 18 heavy (non-hydrogen) atoms. The predicted octanol–water partition coefficient (Wildman–Crippen LogP) is 1.17. The van der Waals surface area contributed by atoms with Gasteiger partial charge in [-0.1, -0.05) is 0 Å². The summed E-state index contributed by atoms with van der Waals surface area (Å²) in [6.45, 7) is 4.82. The van der Waals surface area contributed by atoms with E-state index in [1.165, 1.54) is 4.90 Å². The molecule has 0 unspecified atom stereocenters. The summed E-state index contributed by atoms with van der Waals surface area (Å²) in [5.41, 5.74) is 0.546. The normalized spacial score (nSPS) is 14.7. The first-order valence-electron chi connectivity index (χ1n) is 5.79. The molecule has 1 amide bonds. The topological polar surface area (TPSA) is 87.6 Å². The van der Waals surface area contributed by atoms with E-state index in [0.717, 1.165) is 0 Å². The van der Waals surface area contributed by atoms with Gasteiger partial charge >= 0.3 is 6.09 Å². The van der Waals surface area contributed by atoms with Crippen LogP contribution in [-0.4, -0.2) is 45.3 Å². The Kier molecular flexibility index (Phi) is 3.50. The number of fused-ring (bicyclic) bond motifs is 1. The van der Waals surface area contributed by atoms with Crippen LogP contribution >= 0.6 is 0 Å². The van der Waals surface area contributed by atoms with Crippen LogP contribution in [0.1, 0.15) is 19.5 Å². The minimum Gasteiger partial charge on any atom is -0.474 e. The highest BCUT2D eigenvalue weighted by atomic mass is 16.5. The molecule has 1 aromatic heterocycles. The van der Waals surface area contributed by atoms with E-state index in [1.807, 2.05) is 13.8 Å². The van der Waals surface area contributed by atoms with Crippen molar-refractivity contribution in [3.8, 4) is 5.88 Å². The molecule has 2 heterocycles. The van der Waals surface area contributed by atoms with Gasteiger partial charge in [0, 0.05) is 6.04 Å². The Bertz CT molecular complexity index is 450. The second-order valence-electron chi connectivity index (χ2n) is 4.36. The van der Waals surface area contributed by atoms with Crippen molar-refractivity contribution in [2.45, 2.75) is 26.4 Å². The fourth-order valence-electron chi connectivity index (χ4n) is 1.66. The van der Waals surface area contributed by atoms with Gasteiger partial charge in [-0.3, -0.25) is 4.90 Å². The molecular formula is C11H16N4O3. The standard InChI is InChI=1S/C11H16N4O3/c1-7(2)13-9-5-12-8-6-15(11(16)17)3-4-18-10(8)14-9/h5,7H,3-4,6H2,1-2H3,(H,13,14)(H,16,17). The molecule has 0 aromatic carbocycles. The lowest BCUT2D eigenvalue weighted by Crippen LogP contribution is -2.31. The molecule has 0 saturated carbocycles. The molecule has 1 aromatic rings. The van der Waals surface area contributed by atoms with E-state index < -0.39 is 6.09 Å². The van der Waals surface area contributed by atoms with E-state index in [0.29, 0.717) is 30.5 Å². The Morgan fingerprint density at radius 1 is 1.61 bits per heavy atom. The van der Waals surface area contributed by atoms with E-state index in [9.17, 15) is 4.79 Å². The van der Waals surface area contributed by atoms with Gasteiger partial charge in [0.1, 0.15) is 18.1 Å². The number of carbonyl (C=O) groups is 1. The number of amides is 1. The zero-order valence-electron chi connectivity index (χ0n) is 10.4. The second-order valence-corrected chi connectivity index (χ2v) is 4.36. The number of hydrogen-bond donors (Lipinski definition) is 2. The zero-order valence-corrected chi connectivity index (χ0v) is 10.4. The zero-order chi connectivity index (χ0) is 13.1. The molecule has 1 aliphatic heterocycles. The van der Waals surface area contributed by atoms with Crippen molar-refractivity contribution in [3.63, 3.8) is 0 Å². The maximum absolute atomic E-state index is 10.9. The number of aromatic nitrogens is 2. The van der Waals surface area contributed by atoms with Gasteiger partial charge in [0.15, 0.2) is 0 Å². The average molecular weight is 252 g/mol. The van der Waals surface area contributed by atoms with Crippen molar-refractivity contribution >= 4 is 11.9 Å².